The van der Waals surface area contributed by atoms with Gasteiger partial charge in [0.05, 0.1) is 12.2 Å². The number of halogens is 1. The summed E-state index contributed by atoms with van der Waals surface area (Å²) in [6, 6.07) is 12.7. The minimum absolute atomic E-state index is 0.241. The molecule has 0 spiro atoms. The summed E-state index contributed by atoms with van der Waals surface area (Å²) in [5, 5.41) is 9.90. The fourth-order valence-corrected chi connectivity index (χ4v) is 3.05. The van der Waals surface area contributed by atoms with Crippen LogP contribution < -0.4 is 20.3 Å². The molecule has 2 aromatic heterocycles. The van der Waals surface area contributed by atoms with Crippen LogP contribution in [0, 0.1) is 5.82 Å². The number of rotatable bonds is 8. The van der Waals surface area contributed by atoms with Gasteiger partial charge in [-0.05, 0) is 47.4 Å². The van der Waals surface area contributed by atoms with Crippen LogP contribution in [0.2, 0.25) is 0 Å². The Balaban J connectivity index is 1.51. The molecule has 0 fully saturated rings. The van der Waals surface area contributed by atoms with Crippen LogP contribution in [0.15, 0.2) is 67.4 Å². The first kappa shape index (κ1) is 20.1. The van der Waals surface area contributed by atoms with E-state index in [1.807, 2.05) is 13.1 Å². The Morgan fingerprint density at radius 3 is 2.90 bits per heavy atom. The maximum Gasteiger partial charge on any atom is 0.330 e. The van der Waals surface area contributed by atoms with Gasteiger partial charge in [-0.1, -0.05) is 10.9 Å². The summed E-state index contributed by atoms with van der Waals surface area (Å²) in [6.07, 6.45) is 4.86. The van der Waals surface area contributed by atoms with Gasteiger partial charge in [0.15, 0.2) is 0 Å². The number of carbonyl (C=O) groups excluding carboxylic acids is 1. The highest BCUT2D eigenvalue weighted by Gasteiger charge is 2.14. The predicted molar refractivity (Wildman–Crippen MR) is 112 cm³/mol. The zero-order valence-corrected chi connectivity index (χ0v) is 16.7. The van der Waals surface area contributed by atoms with Gasteiger partial charge < -0.3 is 10.1 Å². The molecule has 1 amide bonds. The van der Waals surface area contributed by atoms with Crippen LogP contribution in [-0.4, -0.2) is 38.9 Å². The molecule has 2 heterocycles. The highest BCUT2D eigenvalue weighted by molar-refractivity contribution is 6.04. The predicted octanol–water partition coefficient (Wildman–Crippen LogP) is 2.11. The molecule has 0 aliphatic carbocycles. The van der Waals surface area contributed by atoms with E-state index in [0.29, 0.717) is 24.6 Å². The van der Waals surface area contributed by atoms with Crippen LogP contribution in [0.1, 0.15) is 10.4 Å². The van der Waals surface area contributed by atoms with Crippen molar-refractivity contribution in [3.05, 3.63) is 78.8 Å². The highest BCUT2D eigenvalue weighted by atomic mass is 19.1. The van der Waals surface area contributed by atoms with Crippen molar-refractivity contribution in [1.29, 1.82) is 0 Å². The van der Waals surface area contributed by atoms with Crippen molar-refractivity contribution in [2.75, 3.05) is 23.9 Å². The molecule has 0 radical (unpaired) electrons. The van der Waals surface area contributed by atoms with Gasteiger partial charge in [0.2, 0.25) is 6.33 Å². The van der Waals surface area contributed by atoms with Crippen LogP contribution in [0.4, 0.5) is 10.1 Å². The van der Waals surface area contributed by atoms with E-state index in [2.05, 4.69) is 25.9 Å². The van der Waals surface area contributed by atoms with Gasteiger partial charge in [0, 0.05) is 30.1 Å². The van der Waals surface area contributed by atoms with Crippen LogP contribution in [-0.2, 0) is 7.05 Å². The second-order valence-electron chi connectivity index (χ2n) is 6.66. The fraction of sp³-hybridized carbons (Fsp3) is 0.143. The summed E-state index contributed by atoms with van der Waals surface area (Å²) in [5.74, 6) is -0.220. The van der Waals surface area contributed by atoms with E-state index in [4.69, 9.17) is 4.74 Å². The van der Waals surface area contributed by atoms with E-state index in [0.717, 1.165) is 11.3 Å². The topological polar surface area (TPSA) is 101 Å². The van der Waals surface area contributed by atoms with Crippen molar-refractivity contribution in [3.63, 3.8) is 0 Å². The molecule has 0 atom stereocenters. The van der Waals surface area contributed by atoms with Crippen LogP contribution in [0.3, 0.4) is 0 Å². The maximum absolute atomic E-state index is 13.4. The first-order valence-electron chi connectivity index (χ1n) is 9.56. The van der Waals surface area contributed by atoms with Crippen molar-refractivity contribution in [2.45, 2.75) is 0 Å². The smallest absolute Gasteiger partial charge is 0.330 e. The van der Waals surface area contributed by atoms with Crippen molar-refractivity contribution < 1.29 is 18.7 Å². The zero-order chi connectivity index (χ0) is 21.6. The van der Waals surface area contributed by atoms with Crippen LogP contribution in [0.25, 0.3) is 11.3 Å². The minimum Gasteiger partial charge on any atom is -0.491 e. The molecule has 0 bridgehead atoms. The molecule has 10 heteroatoms. The third-order valence-corrected chi connectivity index (χ3v) is 4.52. The van der Waals surface area contributed by atoms with Gasteiger partial charge in [-0.3, -0.25) is 9.48 Å². The Hall–Kier alpha value is -4.21. The van der Waals surface area contributed by atoms with Gasteiger partial charge >= 0.3 is 6.33 Å². The number of aromatic nitrogens is 5. The lowest BCUT2D eigenvalue weighted by Crippen LogP contribution is -2.47. The molecule has 0 saturated heterocycles. The number of anilines is 1. The molecular formula is C21H21FN7O2+. The third kappa shape index (κ3) is 4.86. The zero-order valence-electron chi connectivity index (χ0n) is 16.7. The summed E-state index contributed by atoms with van der Waals surface area (Å²) < 4.78 is 21.1. The summed E-state index contributed by atoms with van der Waals surface area (Å²) in [6.45, 7) is 0.932. The summed E-state index contributed by atoms with van der Waals surface area (Å²) >= 11 is 0. The van der Waals surface area contributed by atoms with Crippen molar-refractivity contribution in [1.82, 2.24) is 19.9 Å². The molecule has 31 heavy (non-hydrogen) atoms. The van der Waals surface area contributed by atoms with E-state index >= 15 is 0 Å². The molecule has 0 saturated carbocycles. The normalized spacial score (nSPS) is 10.6. The summed E-state index contributed by atoms with van der Waals surface area (Å²) in [5.41, 5.74) is 5.49. The number of hydrogen-bond acceptors (Lipinski definition) is 5. The lowest BCUT2D eigenvalue weighted by Gasteiger charge is -2.14. The van der Waals surface area contributed by atoms with E-state index in [1.54, 1.807) is 52.6 Å². The number of nitrogens with zero attached hydrogens (tertiary/aromatic N) is 4. The number of benzene rings is 2. The lowest BCUT2D eigenvalue weighted by molar-refractivity contribution is -0.707. The number of hydrogen-bond donors (Lipinski definition) is 3. The molecule has 0 unspecified atom stereocenters. The quantitative estimate of drug-likeness (QED) is 0.298. The van der Waals surface area contributed by atoms with Gasteiger partial charge in [-0.15, -0.1) is 0 Å². The Morgan fingerprint density at radius 2 is 2.16 bits per heavy atom. The molecule has 0 aliphatic heterocycles. The van der Waals surface area contributed by atoms with Gasteiger partial charge in [0.25, 0.3) is 5.91 Å². The number of aromatic amines is 1. The van der Waals surface area contributed by atoms with Crippen LogP contribution >= 0.6 is 0 Å². The Kier molecular flexibility index (Phi) is 5.88. The number of ether oxygens (including phenoxy) is 1. The van der Waals surface area contributed by atoms with E-state index in [-0.39, 0.29) is 5.56 Å². The first-order valence-corrected chi connectivity index (χ1v) is 9.56. The molecule has 2 aromatic carbocycles. The third-order valence-electron chi connectivity index (χ3n) is 4.52. The fourth-order valence-electron chi connectivity index (χ4n) is 3.05. The molecule has 4 aromatic rings. The largest absolute Gasteiger partial charge is 0.491 e. The summed E-state index contributed by atoms with van der Waals surface area (Å²) in [4.78, 5) is 18.0. The number of aryl methyl sites for hydroxylation is 1. The first-order chi connectivity index (χ1) is 15.1. The number of nitrogens with one attached hydrogen (secondary N) is 3. The van der Waals surface area contributed by atoms with Gasteiger partial charge in [0.1, 0.15) is 18.2 Å². The van der Waals surface area contributed by atoms with Crippen molar-refractivity contribution in [3.8, 4) is 17.0 Å². The number of H-pyrrole nitrogens is 1. The summed E-state index contributed by atoms with van der Waals surface area (Å²) in [7, 11) is 1.83. The average molecular weight is 422 g/mol. The van der Waals surface area contributed by atoms with Gasteiger partial charge in [-0.25, -0.2) is 9.82 Å². The molecule has 3 N–H and O–H groups in total. The Morgan fingerprint density at radius 1 is 1.26 bits per heavy atom. The SMILES string of the molecule is Cn1nccc1-c1cc(NC(=O)c2cccc(F)c2)ccc1OCCN[n+]1cnc[nH]1. The van der Waals surface area contributed by atoms with E-state index in [9.17, 15) is 9.18 Å². The Bertz CT molecular complexity index is 1170. The number of amides is 1. The van der Waals surface area contributed by atoms with E-state index in [1.165, 1.54) is 18.2 Å². The maximum atomic E-state index is 13.4. The highest BCUT2D eigenvalue weighted by Crippen LogP contribution is 2.32. The molecule has 158 valence electrons. The molecule has 0 aliphatic rings. The lowest BCUT2D eigenvalue weighted by atomic mass is 10.1. The standard InChI is InChI=1S/C21H20FN7O2/c1-28-19(7-8-24-28)18-12-17(27-21(30)15-3-2-4-16(22)11-15)5-6-20(18)31-10-9-25-29-14-23-13-26-29/h2-8,11-14,25H,9-10H2,1H3,(H,27,30)/p+1. The van der Waals surface area contributed by atoms with Crippen molar-refractivity contribution >= 4 is 11.6 Å². The van der Waals surface area contributed by atoms with Crippen LogP contribution in [0.5, 0.6) is 5.75 Å². The molecule has 4 rings (SSSR count). The monoisotopic (exact) mass is 422 g/mol. The number of carbonyl (C=O) groups is 1. The Labute approximate surface area is 177 Å². The minimum atomic E-state index is -0.464. The van der Waals surface area contributed by atoms with Gasteiger partial charge in [-0.2, -0.15) is 10.2 Å². The molecular weight excluding hydrogens is 401 g/mol. The molecule has 9 nitrogen and oxygen atoms in total. The second-order valence-corrected chi connectivity index (χ2v) is 6.66. The second kappa shape index (κ2) is 9.08. The van der Waals surface area contributed by atoms with Crippen molar-refractivity contribution in [2.24, 2.45) is 7.05 Å². The average Bonchev–Trinajstić information content (AvgIpc) is 3.43. The van der Waals surface area contributed by atoms with E-state index < -0.39 is 11.7 Å².